The summed E-state index contributed by atoms with van der Waals surface area (Å²) >= 11 is 0. The van der Waals surface area contributed by atoms with Crippen LogP contribution in [0.1, 0.15) is 5.56 Å². The maximum atomic E-state index is 10.7. The Kier molecular flexibility index (Phi) is 3.07. The monoisotopic (exact) mass is 175 g/mol. The maximum Gasteiger partial charge on any atom is 0.389 e. The third-order valence-corrected chi connectivity index (χ3v) is 1.49. The molecule has 2 N–H and O–H groups in total. The van der Waals surface area contributed by atoms with E-state index in [0.29, 0.717) is 12.3 Å². The van der Waals surface area contributed by atoms with Crippen LogP contribution >= 0.6 is 0 Å². The average Bonchev–Trinajstić information content (AvgIpc) is 2.19. The SMILES string of the molecule is C#CC(=O)Oc1ccc(CN)cc1. The molecule has 0 aliphatic heterocycles. The van der Waals surface area contributed by atoms with Crippen molar-refractivity contribution in [1.29, 1.82) is 0 Å². The first-order valence-electron chi connectivity index (χ1n) is 3.73. The van der Waals surface area contributed by atoms with Gasteiger partial charge in [-0.05, 0) is 17.7 Å². The molecule has 0 fully saturated rings. The number of terminal acetylenes is 1. The Morgan fingerprint density at radius 2 is 2.08 bits per heavy atom. The zero-order valence-electron chi connectivity index (χ0n) is 6.99. The van der Waals surface area contributed by atoms with Crippen molar-refractivity contribution in [3.63, 3.8) is 0 Å². The Balaban J connectivity index is 2.71. The van der Waals surface area contributed by atoms with Crippen molar-refractivity contribution in [3.8, 4) is 18.1 Å². The second-order valence-corrected chi connectivity index (χ2v) is 2.38. The summed E-state index contributed by atoms with van der Waals surface area (Å²) in [5.74, 6) is 1.59. The van der Waals surface area contributed by atoms with Crippen LogP contribution in [-0.2, 0) is 11.3 Å². The normalized spacial score (nSPS) is 8.92. The number of ether oxygens (including phenoxy) is 1. The molecule has 0 aromatic heterocycles. The van der Waals surface area contributed by atoms with Crippen molar-refractivity contribution < 1.29 is 9.53 Å². The molecule has 3 nitrogen and oxygen atoms in total. The molecular formula is C10H9NO2. The zero-order chi connectivity index (χ0) is 9.68. The lowest BCUT2D eigenvalue weighted by atomic mass is 10.2. The summed E-state index contributed by atoms with van der Waals surface area (Å²) < 4.78 is 4.75. The highest BCUT2D eigenvalue weighted by molar-refractivity contribution is 5.89. The minimum atomic E-state index is -0.694. The van der Waals surface area contributed by atoms with Crippen molar-refractivity contribution in [2.45, 2.75) is 6.54 Å². The van der Waals surface area contributed by atoms with Crippen LogP contribution in [-0.4, -0.2) is 5.97 Å². The molecule has 0 bridgehead atoms. The average molecular weight is 175 g/mol. The minimum Gasteiger partial charge on any atom is -0.417 e. The molecule has 13 heavy (non-hydrogen) atoms. The highest BCUT2D eigenvalue weighted by Gasteiger charge is 1.98. The Hall–Kier alpha value is -1.79. The van der Waals surface area contributed by atoms with Gasteiger partial charge in [-0.3, -0.25) is 0 Å². The number of nitrogens with two attached hydrogens (primary N) is 1. The van der Waals surface area contributed by atoms with Crippen LogP contribution in [0.5, 0.6) is 5.75 Å². The lowest BCUT2D eigenvalue weighted by Gasteiger charge is -2.00. The molecule has 0 saturated carbocycles. The third-order valence-electron chi connectivity index (χ3n) is 1.49. The van der Waals surface area contributed by atoms with Crippen LogP contribution in [0.2, 0.25) is 0 Å². The molecule has 3 heteroatoms. The van der Waals surface area contributed by atoms with Crippen molar-refractivity contribution in [3.05, 3.63) is 29.8 Å². The van der Waals surface area contributed by atoms with Gasteiger partial charge < -0.3 is 10.5 Å². The molecule has 0 heterocycles. The summed E-state index contributed by atoms with van der Waals surface area (Å²) in [6.07, 6.45) is 4.83. The van der Waals surface area contributed by atoms with E-state index in [-0.39, 0.29) is 0 Å². The minimum absolute atomic E-state index is 0.431. The molecule has 66 valence electrons. The van der Waals surface area contributed by atoms with E-state index in [1.807, 2.05) is 5.92 Å². The van der Waals surface area contributed by atoms with Gasteiger partial charge in [0.15, 0.2) is 0 Å². The van der Waals surface area contributed by atoms with Crippen molar-refractivity contribution in [2.24, 2.45) is 5.73 Å². The predicted molar refractivity (Wildman–Crippen MR) is 48.8 cm³/mol. The van der Waals surface area contributed by atoms with E-state index < -0.39 is 5.97 Å². The Labute approximate surface area is 76.5 Å². The first-order valence-corrected chi connectivity index (χ1v) is 3.73. The molecule has 0 unspecified atom stereocenters. The topological polar surface area (TPSA) is 52.3 Å². The third kappa shape index (κ3) is 2.62. The first-order chi connectivity index (χ1) is 6.26. The van der Waals surface area contributed by atoms with Gasteiger partial charge in [0.2, 0.25) is 0 Å². The number of carbonyl (C=O) groups excluding carboxylic acids is 1. The van der Waals surface area contributed by atoms with Crippen LogP contribution in [0.3, 0.4) is 0 Å². The van der Waals surface area contributed by atoms with Crippen LogP contribution in [0.25, 0.3) is 0 Å². The molecule has 0 aliphatic carbocycles. The van der Waals surface area contributed by atoms with Crippen LogP contribution in [0.4, 0.5) is 0 Å². The van der Waals surface area contributed by atoms with Gasteiger partial charge in [0.05, 0.1) is 0 Å². The standard InChI is InChI=1S/C10H9NO2/c1-2-10(12)13-9-5-3-8(7-11)4-6-9/h1,3-6H,7,11H2. The molecule has 0 aliphatic rings. The van der Waals surface area contributed by atoms with E-state index in [1.54, 1.807) is 24.3 Å². The smallest absolute Gasteiger partial charge is 0.389 e. The molecule has 1 aromatic rings. The highest BCUT2D eigenvalue weighted by atomic mass is 16.5. The summed E-state index contributed by atoms with van der Waals surface area (Å²) in [6, 6.07) is 6.85. The molecule has 0 amide bonds. The second-order valence-electron chi connectivity index (χ2n) is 2.38. The highest BCUT2D eigenvalue weighted by Crippen LogP contribution is 2.11. The van der Waals surface area contributed by atoms with Gasteiger partial charge in [-0.15, -0.1) is 6.42 Å². The Morgan fingerprint density at radius 1 is 1.46 bits per heavy atom. The molecule has 0 atom stereocenters. The summed E-state index contributed by atoms with van der Waals surface area (Å²) in [5.41, 5.74) is 6.36. The number of esters is 1. The maximum absolute atomic E-state index is 10.7. The van der Waals surface area contributed by atoms with Gasteiger partial charge in [0.1, 0.15) is 5.75 Å². The molecule has 0 spiro atoms. The van der Waals surface area contributed by atoms with Gasteiger partial charge in [-0.2, -0.15) is 0 Å². The number of carbonyl (C=O) groups is 1. The quantitative estimate of drug-likeness (QED) is 0.311. The number of benzene rings is 1. The summed E-state index contributed by atoms with van der Waals surface area (Å²) in [7, 11) is 0. The summed E-state index contributed by atoms with van der Waals surface area (Å²) in [5, 5.41) is 0. The van der Waals surface area contributed by atoms with Crippen LogP contribution in [0.15, 0.2) is 24.3 Å². The van der Waals surface area contributed by atoms with Gasteiger partial charge in [-0.1, -0.05) is 12.1 Å². The van der Waals surface area contributed by atoms with E-state index >= 15 is 0 Å². The van der Waals surface area contributed by atoms with Crippen molar-refractivity contribution in [2.75, 3.05) is 0 Å². The van der Waals surface area contributed by atoms with Crippen LogP contribution in [0, 0.1) is 12.3 Å². The first kappa shape index (κ1) is 9.30. The van der Waals surface area contributed by atoms with Crippen molar-refractivity contribution >= 4 is 5.97 Å². The van der Waals surface area contributed by atoms with E-state index in [9.17, 15) is 4.79 Å². The zero-order valence-corrected chi connectivity index (χ0v) is 6.99. The predicted octanol–water partition coefficient (Wildman–Crippen LogP) is 0.684. The van der Waals surface area contributed by atoms with Gasteiger partial charge in [-0.25, -0.2) is 4.79 Å². The van der Waals surface area contributed by atoms with Gasteiger partial charge in [0.25, 0.3) is 0 Å². The fourth-order valence-electron chi connectivity index (χ4n) is 0.830. The molecule has 0 radical (unpaired) electrons. The summed E-state index contributed by atoms with van der Waals surface area (Å²) in [6.45, 7) is 0.462. The molecular weight excluding hydrogens is 166 g/mol. The van der Waals surface area contributed by atoms with E-state index in [2.05, 4.69) is 0 Å². The second kappa shape index (κ2) is 4.29. The molecule has 0 saturated heterocycles. The molecule has 1 aromatic carbocycles. The lowest BCUT2D eigenvalue weighted by Crippen LogP contribution is -2.04. The number of hydrogen-bond donors (Lipinski definition) is 1. The van der Waals surface area contributed by atoms with E-state index in [4.69, 9.17) is 16.9 Å². The van der Waals surface area contributed by atoms with Gasteiger partial charge in [0, 0.05) is 12.5 Å². The molecule has 1 rings (SSSR count). The van der Waals surface area contributed by atoms with Gasteiger partial charge >= 0.3 is 5.97 Å². The fraction of sp³-hybridized carbons (Fsp3) is 0.100. The Bertz CT molecular complexity index is 335. The van der Waals surface area contributed by atoms with Crippen LogP contribution < -0.4 is 10.5 Å². The van der Waals surface area contributed by atoms with Crippen molar-refractivity contribution in [1.82, 2.24) is 0 Å². The lowest BCUT2D eigenvalue weighted by molar-refractivity contribution is -0.128. The fourth-order valence-corrected chi connectivity index (χ4v) is 0.830. The summed E-state index contributed by atoms with van der Waals surface area (Å²) in [4.78, 5) is 10.7. The van der Waals surface area contributed by atoms with E-state index in [1.165, 1.54) is 0 Å². The Morgan fingerprint density at radius 3 is 2.54 bits per heavy atom. The largest absolute Gasteiger partial charge is 0.417 e. The van der Waals surface area contributed by atoms with E-state index in [0.717, 1.165) is 5.56 Å². The number of rotatable bonds is 2. The number of hydrogen-bond acceptors (Lipinski definition) is 3.